The molecule has 1 saturated carbocycles. The van der Waals surface area contributed by atoms with Crippen LogP contribution in [0, 0.1) is 12.8 Å². The third-order valence-corrected chi connectivity index (χ3v) is 3.52. The van der Waals surface area contributed by atoms with E-state index in [0.29, 0.717) is 22.7 Å². The zero-order valence-corrected chi connectivity index (χ0v) is 9.48. The Hall–Kier alpha value is -1.13. The quantitative estimate of drug-likeness (QED) is 0.722. The summed E-state index contributed by atoms with van der Waals surface area (Å²) in [6.07, 6.45) is 5.01. The van der Waals surface area contributed by atoms with Gasteiger partial charge in [0, 0.05) is 23.4 Å². The Labute approximate surface area is 95.1 Å². The van der Waals surface area contributed by atoms with Crippen LogP contribution in [-0.2, 0) is 6.61 Å². The van der Waals surface area contributed by atoms with E-state index in [4.69, 9.17) is 5.73 Å². The molecule has 0 aliphatic heterocycles. The molecule has 88 valence electrons. The van der Waals surface area contributed by atoms with E-state index in [1.165, 1.54) is 6.42 Å². The zero-order chi connectivity index (χ0) is 11.7. The van der Waals surface area contributed by atoms with Gasteiger partial charge < -0.3 is 15.9 Å². The van der Waals surface area contributed by atoms with Gasteiger partial charge in [0.1, 0.15) is 5.75 Å². The van der Waals surface area contributed by atoms with Crippen molar-refractivity contribution in [2.75, 3.05) is 0 Å². The molecule has 2 rings (SSSR count). The van der Waals surface area contributed by atoms with Gasteiger partial charge in [0.2, 0.25) is 0 Å². The first-order valence-corrected chi connectivity index (χ1v) is 5.69. The number of pyridine rings is 1. The van der Waals surface area contributed by atoms with Crippen LogP contribution in [0.1, 0.15) is 42.1 Å². The van der Waals surface area contributed by atoms with E-state index in [1.807, 2.05) is 0 Å². The smallest absolute Gasteiger partial charge is 0.141 e. The first kappa shape index (κ1) is 11.4. The molecular weight excluding hydrogens is 204 g/mol. The Morgan fingerprint density at radius 2 is 2.25 bits per heavy atom. The predicted molar refractivity (Wildman–Crippen MR) is 60.8 cm³/mol. The van der Waals surface area contributed by atoms with Gasteiger partial charge in [0.25, 0.3) is 0 Å². The lowest BCUT2D eigenvalue weighted by molar-refractivity contribution is 0.248. The van der Waals surface area contributed by atoms with E-state index < -0.39 is 0 Å². The molecule has 0 amide bonds. The lowest BCUT2D eigenvalue weighted by Crippen LogP contribution is -2.28. The Bertz CT molecular complexity index is 389. The van der Waals surface area contributed by atoms with Crippen LogP contribution in [0.25, 0.3) is 0 Å². The normalized spacial score (nSPS) is 18.2. The SMILES string of the molecule is Cc1ncc(CO)c([C@H](N)C2CCC2)c1O. The maximum atomic E-state index is 9.99. The van der Waals surface area contributed by atoms with E-state index >= 15 is 0 Å². The minimum atomic E-state index is -0.183. The molecule has 4 nitrogen and oxygen atoms in total. The van der Waals surface area contributed by atoms with Crippen LogP contribution < -0.4 is 5.73 Å². The third-order valence-electron chi connectivity index (χ3n) is 3.52. The topological polar surface area (TPSA) is 79.4 Å². The highest BCUT2D eigenvalue weighted by molar-refractivity contribution is 5.43. The van der Waals surface area contributed by atoms with E-state index in [9.17, 15) is 10.2 Å². The summed E-state index contributed by atoms with van der Waals surface area (Å²) in [5, 5.41) is 19.2. The fourth-order valence-electron chi connectivity index (χ4n) is 2.18. The molecule has 1 fully saturated rings. The summed E-state index contributed by atoms with van der Waals surface area (Å²) in [7, 11) is 0. The minimum Gasteiger partial charge on any atom is -0.506 e. The number of nitrogens with zero attached hydrogens (tertiary/aromatic N) is 1. The van der Waals surface area contributed by atoms with Crippen molar-refractivity contribution in [2.45, 2.75) is 38.8 Å². The Balaban J connectivity index is 2.39. The summed E-state index contributed by atoms with van der Waals surface area (Å²) >= 11 is 0. The van der Waals surface area contributed by atoms with Crippen LogP contribution in [0.15, 0.2) is 6.20 Å². The molecule has 0 saturated heterocycles. The highest BCUT2D eigenvalue weighted by Gasteiger charge is 2.29. The lowest BCUT2D eigenvalue weighted by atomic mass is 9.76. The van der Waals surface area contributed by atoms with Crippen LogP contribution in [0.3, 0.4) is 0 Å². The summed E-state index contributed by atoms with van der Waals surface area (Å²) in [6.45, 7) is 1.62. The number of hydrogen-bond donors (Lipinski definition) is 3. The first-order chi connectivity index (χ1) is 7.65. The van der Waals surface area contributed by atoms with Gasteiger partial charge in [-0.2, -0.15) is 0 Å². The van der Waals surface area contributed by atoms with E-state index in [-0.39, 0.29) is 18.4 Å². The standard InChI is InChI=1S/C12H18N2O2/c1-7-12(16)10(9(6-15)5-14-7)11(13)8-3-2-4-8/h5,8,11,15-16H,2-4,6,13H2,1H3/t11-/m1/s1. The van der Waals surface area contributed by atoms with E-state index in [1.54, 1.807) is 13.1 Å². The average Bonchev–Trinajstić information content (AvgIpc) is 2.19. The molecule has 1 aromatic rings. The number of rotatable bonds is 3. The number of aromatic hydroxyl groups is 1. The molecule has 0 bridgehead atoms. The monoisotopic (exact) mass is 222 g/mol. The predicted octanol–water partition coefficient (Wildman–Crippen LogP) is 1.39. The Morgan fingerprint density at radius 3 is 2.75 bits per heavy atom. The van der Waals surface area contributed by atoms with Crippen molar-refractivity contribution in [3.63, 3.8) is 0 Å². The molecule has 1 heterocycles. The van der Waals surface area contributed by atoms with Crippen LogP contribution >= 0.6 is 0 Å². The molecule has 1 aromatic heterocycles. The van der Waals surface area contributed by atoms with E-state index in [2.05, 4.69) is 4.98 Å². The van der Waals surface area contributed by atoms with Gasteiger partial charge in [-0.05, 0) is 25.7 Å². The molecule has 1 aliphatic carbocycles. The number of aliphatic hydroxyl groups is 1. The second-order valence-electron chi connectivity index (χ2n) is 4.51. The van der Waals surface area contributed by atoms with Gasteiger partial charge in [0.05, 0.1) is 12.3 Å². The van der Waals surface area contributed by atoms with Gasteiger partial charge in [-0.15, -0.1) is 0 Å². The average molecular weight is 222 g/mol. The minimum absolute atomic E-state index is 0.128. The van der Waals surface area contributed by atoms with Crippen molar-refractivity contribution in [2.24, 2.45) is 11.7 Å². The zero-order valence-electron chi connectivity index (χ0n) is 9.48. The number of hydrogen-bond acceptors (Lipinski definition) is 4. The molecule has 4 heteroatoms. The molecule has 0 unspecified atom stereocenters. The second kappa shape index (κ2) is 4.39. The van der Waals surface area contributed by atoms with Crippen molar-refractivity contribution < 1.29 is 10.2 Å². The van der Waals surface area contributed by atoms with Crippen LogP contribution in [0.2, 0.25) is 0 Å². The van der Waals surface area contributed by atoms with Crippen LogP contribution in [0.4, 0.5) is 0 Å². The number of nitrogens with two attached hydrogens (primary N) is 1. The maximum Gasteiger partial charge on any atom is 0.141 e. The fraction of sp³-hybridized carbons (Fsp3) is 0.583. The lowest BCUT2D eigenvalue weighted by Gasteiger charge is -2.32. The van der Waals surface area contributed by atoms with E-state index in [0.717, 1.165) is 12.8 Å². The highest BCUT2D eigenvalue weighted by Crippen LogP contribution is 2.40. The van der Waals surface area contributed by atoms with Gasteiger partial charge in [-0.3, -0.25) is 4.98 Å². The van der Waals surface area contributed by atoms with Crippen molar-refractivity contribution >= 4 is 0 Å². The van der Waals surface area contributed by atoms with Gasteiger partial charge >= 0.3 is 0 Å². The number of aliphatic hydroxyl groups excluding tert-OH is 1. The summed E-state index contributed by atoms with van der Waals surface area (Å²) in [5.74, 6) is 0.573. The maximum absolute atomic E-state index is 9.99. The van der Waals surface area contributed by atoms with Gasteiger partial charge in [-0.25, -0.2) is 0 Å². The van der Waals surface area contributed by atoms with Crippen molar-refractivity contribution in [3.05, 3.63) is 23.0 Å². The largest absolute Gasteiger partial charge is 0.506 e. The van der Waals surface area contributed by atoms with Crippen LogP contribution in [-0.4, -0.2) is 15.2 Å². The second-order valence-corrected chi connectivity index (χ2v) is 4.51. The molecule has 16 heavy (non-hydrogen) atoms. The number of aromatic nitrogens is 1. The summed E-state index contributed by atoms with van der Waals surface area (Å²) in [6, 6.07) is -0.183. The Kier molecular flexibility index (Phi) is 3.12. The van der Waals surface area contributed by atoms with Gasteiger partial charge in [-0.1, -0.05) is 6.42 Å². The molecule has 1 aliphatic rings. The van der Waals surface area contributed by atoms with Crippen molar-refractivity contribution in [3.8, 4) is 5.75 Å². The van der Waals surface area contributed by atoms with Crippen LogP contribution in [0.5, 0.6) is 5.75 Å². The summed E-state index contributed by atoms with van der Waals surface area (Å²) in [4.78, 5) is 4.03. The van der Waals surface area contributed by atoms with Crippen molar-refractivity contribution in [1.29, 1.82) is 0 Å². The highest BCUT2D eigenvalue weighted by atomic mass is 16.3. The molecular formula is C12H18N2O2. The molecule has 0 spiro atoms. The summed E-state index contributed by atoms with van der Waals surface area (Å²) < 4.78 is 0. The van der Waals surface area contributed by atoms with Crippen molar-refractivity contribution in [1.82, 2.24) is 4.98 Å². The number of aryl methyl sites for hydroxylation is 1. The van der Waals surface area contributed by atoms with Gasteiger partial charge in [0.15, 0.2) is 0 Å². The third kappa shape index (κ3) is 1.79. The first-order valence-electron chi connectivity index (χ1n) is 5.69. The Morgan fingerprint density at radius 1 is 1.56 bits per heavy atom. The summed E-state index contributed by atoms with van der Waals surface area (Å²) in [5.41, 5.74) is 8.04. The molecule has 4 N–H and O–H groups in total. The molecule has 1 atom stereocenters. The fourth-order valence-corrected chi connectivity index (χ4v) is 2.18. The molecule has 0 aromatic carbocycles. The molecule has 0 radical (unpaired) electrons.